The van der Waals surface area contributed by atoms with E-state index in [1.807, 2.05) is 41.3 Å². The van der Waals surface area contributed by atoms with Gasteiger partial charge in [-0.3, -0.25) is 0 Å². The molecule has 3 heterocycles. The molecule has 134 valence electrons. The molecule has 5 rings (SSSR count). The molecule has 1 saturated heterocycles. The Balaban J connectivity index is 1.45. The van der Waals surface area contributed by atoms with Crippen LogP contribution in [0.25, 0.3) is 27.9 Å². The van der Waals surface area contributed by atoms with Gasteiger partial charge < -0.3 is 9.64 Å². The number of hydrogen-bond donors (Lipinski definition) is 0. The second-order valence-corrected chi connectivity index (χ2v) is 6.68. The summed E-state index contributed by atoms with van der Waals surface area (Å²) in [6, 6.07) is 18.9. The van der Waals surface area contributed by atoms with Crippen molar-refractivity contribution in [2.45, 2.75) is 0 Å². The van der Waals surface area contributed by atoms with Gasteiger partial charge in [0.1, 0.15) is 0 Å². The predicted octanol–water partition coefficient (Wildman–Crippen LogP) is 3.90. The topological polar surface area (TPSA) is 42.7 Å². The molecule has 0 N–H and O–H groups in total. The number of hydrogen-bond acceptors (Lipinski definition) is 4. The van der Waals surface area contributed by atoms with Gasteiger partial charge in [-0.25, -0.2) is 9.50 Å². The average molecular weight is 356 g/mol. The van der Waals surface area contributed by atoms with Gasteiger partial charge in [-0.15, -0.1) is 0 Å². The molecule has 1 fully saturated rings. The number of anilines is 1. The smallest absolute Gasteiger partial charge is 0.162 e. The molecule has 27 heavy (non-hydrogen) atoms. The number of morpholine rings is 1. The minimum absolute atomic E-state index is 0.797. The Morgan fingerprint density at radius 1 is 0.778 bits per heavy atom. The first-order valence-electron chi connectivity index (χ1n) is 9.20. The van der Waals surface area contributed by atoms with E-state index in [4.69, 9.17) is 4.74 Å². The number of ether oxygens (including phenoxy) is 1. The van der Waals surface area contributed by atoms with E-state index in [1.54, 1.807) is 0 Å². The van der Waals surface area contributed by atoms with Crippen LogP contribution in [0, 0.1) is 0 Å². The first kappa shape index (κ1) is 16.0. The van der Waals surface area contributed by atoms with Gasteiger partial charge in [0, 0.05) is 42.3 Å². The molecule has 2 aromatic heterocycles. The third-order valence-electron chi connectivity index (χ3n) is 5.02. The Morgan fingerprint density at radius 2 is 1.56 bits per heavy atom. The van der Waals surface area contributed by atoms with Gasteiger partial charge in [0.15, 0.2) is 5.65 Å². The van der Waals surface area contributed by atoms with E-state index < -0.39 is 0 Å². The third kappa shape index (κ3) is 3.06. The number of aromatic nitrogens is 3. The monoisotopic (exact) mass is 356 g/mol. The van der Waals surface area contributed by atoms with Gasteiger partial charge in [-0.2, -0.15) is 5.10 Å². The number of rotatable bonds is 3. The summed E-state index contributed by atoms with van der Waals surface area (Å²) in [5.41, 5.74) is 6.47. The van der Waals surface area contributed by atoms with Crippen molar-refractivity contribution in [1.29, 1.82) is 0 Å². The van der Waals surface area contributed by atoms with Crippen molar-refractivity contribution in [2.75, 3.05) is 31.2 Å². The summed E-state index contributed by atoms with van der Waals surface area (Å²) in [7, 11) is 0. The van der Waals surface area contributed by atoms with Gasteiger partial charge in [-0.05, 0) is 23.3 Å². The quantitative estimate of drug-likeness (QED) is 0.558. The molecule has 1 aliphatic heterocycles. The zero-order chi connectivity index (χ0) is 18.1. The number of nitrogens with zero attached hydrogens (tertiary/aromatic N) is 4. The second kappa shape index (κ2) is 6.85. The van der Waals surface area contributed by atoms with Gasteiger partial charge in [0.05, 0.1) is 19.4 Å². The van der Waals surface area contributed by atoms with Crippen LogP contribution in [0.2, 0.25) is 0 Å². The second-order valence-electron chi connectivity index (χ2n) is 6.68. The molecule has 1 aliphatic rings. The van der Waals surface area contributed by atoms with E-state index in [2.05, 4.69) is 51.4 Å². The molecule has 2 aromatic carbocycles. The largest absolute Gasteiger partial charge is 0.378 e. The Bertz CT molecular complexity index is 1050. The highest BCUT2D eigenvalue weighted by molar-refractivity contribution is 5.77. The molecule has 0 spiro atoms. The van der Waals surface area contributed by atoms with Crippen molar-refractivity contribution in [3.63, 3.8) is 0 Å². The molecule has 0 saturated carbocycles. The van der Waals surface area contributed by atoms with E-state index in [-0.39, 0.29) is 0 Å². The van der Waals surface area contributed by atoms with Crippen LogP contribution in [0.3, 0.4) is 0 Å². The summed E-state index contributed by atoms with van der Waals surface area (Å²) in [6.07, 6.45) is 5.84. The molecular formula is C22H20N4O. The van der Waals surface area contributed by atoms with Gasteiger partial charge in [-0.1, -0.05) is 42.5 Å². The molecule has 0 bridgehead atoms. The highest BCUT2D eigenvalue weighted by Gasteiger charge is 2.12. The van der Waals surface area contributed by atoms with Crippen LogP contribution in [-0.2, 0) is 4.74 Å². The maximum absolute atomic E-state index is 5.43. The van der Waals surface area contributed by atoms with Gasteiger partial charge in [0.2, 0.25) is 0 Å². The van der Waals surface area contributed by atoms with E-state index in [1.165, 1.54) is 5.69 Å². The lowest BCUT2D eigenvalue weighted by molar-refractivity contribution is 0.122. The van der Waals surface area contributed by atoms with Crippen molar-refractivity contribution < 1.29 is 4.74 Å². The normalized spacial score (nSPS) is 14.6. The zero-order valence-corrected chi connectivity index (χ0v) is 15.0. The molecule has 0 amide bonds. The maximum Gasteiger partial charge on any atom is 0.162 e. The van der Waals surface area contributed by atoms with Crippen LogP contribution < -0.4 is 4.90 Å². The summed E-state index contributed by atoms with van der Waals surface area (Å²) in [4.78, 5) is 7.04. The van der Waals surface area contributed by atoms with Crippen LogP contribution in [0.1, 0.15) is 0 Å². The van der Waals surface area contributed by atoms with E-state index in [0.29, 0.717) is 0 Å². The van der Waals surface area contributed by atoms with E-state index in [0.717, 1.165) is 54.2 Å². The lowest BCUT2D eigenvalue weighted by Gasteiger charge is -2.28. The highest BCUT2D eigenvalue weighted by Crippen LogP contribution is 2.26. The molecule has 4 aromatic rings. The molecule has 0 unspecified atom stereocenters. The minimum Gasteiger partial charge on any atom is -0.378 e. The minimum atomic E-state index is 0.797. The lowest BCUT2D eigenvalue weighted by Crippen LogP contribution is -2.36. The van der Waals surface area contributed by atoms with Crippen molar-refractivity contribution in [1.82, 2.24) is 14.6 Å². The summed E-state index contributed by atoms with van der Waals surface area (Å²) in [6.45, 7) is 3.49. The third-order valence-corrected chi connectivity index (χ3v) is 5.02. The fraction of sp³-hybridized carbons (Fsp3) is 0.182. The Kier molecular flexibility index (Phi) is 4.07. The maximum atomic E-state index is 5.43. The Hall–Kier alpha value is -3.18. The Labute approximate surface area is 157 Å². The summed E-state index contributed by atoms with van der Waals surface area (Å²) < 4.78 is 7.28. The van der Waals surface area contributed by atoms with Crippen LogP contribution in [0.5, 0.6) is 0 Å². The SMILES string of the molecule is c1ccc(-c2cnn3cc(-c4ccc(N5CCOCC5)cc4)cnc23)cc1. The first-order valence-corrected chi connectivity index (χ1v) is 9.20. The van der Waals surface area contributed by atoms with Crippen molar-refractivity contribution in [3.8, 4) is 22.3 Å². The van der Waals surface area contributed by atoms with Gasteiger partial charge in [0.25, 0.3) is 0 Å². The number of fused-ring (bicyclic) bond motifs is 1. The summed E-state index contributed by atoms with van der Waals surface area (Å²) in [5, 5.41) is 4.50. The molecule has 0 atom stereocenters. The fourth-order valence-electron chi connectivity index (χ4n) is 3.53. The molecular weight excluding hydrogens is 336 g/mol. The van der Waals surface area contributed by atoms with Crippen LogP contribution in [0.15, 0.2) is 73.2 Å². The Morgan fingerprint density at radius 3 is 2.33 bits per heavy atom. The van der Waals surface area contributed by atoms with Crippen molar-refractivity contribution >= 4 is 11.3 Å². The standard InChI is InChI=1S/C22H20N4O/c1-2-4-18(5-3-1)21-15-24-26-16-19(14-23-22(21)26)17-6-8-20(9-7-17)25-10-12-27-13-11-25/h1-9,14-16H,10-13H2. The predicted molar refractivity (Wildman–Crippen MR) is 107 cm³/mol. The van der Waals surface area contributed by atoms with Crippen molar-refractivity contribution in [3.05, 3.63) is 73.2 Å². The van der Waals surface area contributed by atoms with Gasteiger partial charge >= 0.3 is 0 Å². The summed E-state index contributed by atoms with van der Waals surface area (Å²) >= 11 is 0. The van der Waals surface area contributed by atoms with Crippen LogP contribution >= 0.6 is 0 Å². The first-order chi connectivity index (χ1) is 13.4. The fourth-order valence-corrected chi connectivity index (χ4v) is 3.53. The molecule has 0 radical (unpaired) electrons. The van der Waals surface area contributed by atoms with E-state index >= 15 is 0 Å². The lowest BCUT2D eigenvalue weighted by atomic mass is 10.1. The highest BCUT2D eigenvalue weighted by atomic mass is 16.5. The van der Waals surface area contributed by atoms with E-state index in [9.17, 15) is 0 Å². The number of benzene rings is 2. The van der Waals surface area contributed by atoms with Crippen molar-refractivity contribution in [2.24, 2.45) is 0 Å². The molecule has 5 nitrogen and oxygen atoms in total. The van der Waals surface area contributed by atoms with Crippen LogP contribution in [0.4, 0.5) is 5.69 Å². The summed E-state index contributed by atoms with van der Waals surface area (Å²) in [5.74, 6) is 0. The average Bonchev–Trinajstić information content (AvgIpc) is 3.18. The van der Waals surface area contributed by atoms with Crippen LogP contribution in [-0.4, -0.2) is 40.9 Å². The molecule has 5 heteroatoms. The molecule has 0 aliphatic carbocycles. The zero-order valence-electron chi connectivity index (χ0n) is 15.0.